The van der Waals surface area contributed by atoms with Crippen molar-refractivity contribution >= 4 is 23.3 Å². The summed E-state index contributed by atoms with van der Waals surface area (Å²) in [6, 6.07) is 10.2. The van der Waals surface area contributed by atoms with Crippen LogP contribution in [-0.4, -0.2) is 10.9 Å². The Kier molecular flexibility index (Phi) is 3.79. The van der Waals surface area contributed by atoms with Gasteiger partial charge in [-0.3, -0.25) is 5.32 Å². The van der Waals surface area contributed by atoms with Crippen LogP contribution in [0.15, 0.2) is 29.3 Å². The number of aromatic nitrogens is 1. The van der Waals surface area contributed by atoms with Crippen LogP contribution in [0.2, 0.25) is 0 Å². The lowest BCUT2D eigenvalue weighted by Crippen LogP contribution is -2.33. The Morgan fingerprint density at radius 3 is 2.56 bits per heavy atom. The molecule has 9 heteroatoms. The Labute approximate surface area is 142 Å². The molecule has 1 aromatic carbocycles. The summed E-state index contributed by atoms with van der Waals surface area (Å²) in [5.41, 5.74) is 13.5. The maximum atomic E-state index is 9.38. The van der Waals surface area contributed by atoms with Crippen LogP contribution in [0.5, 0.6) is 0 Å². The van der Waals surface area contributed by atoms with Gasteiger partial charge in [-0.05, 0) is 11.6 Å². The lowest BCUT2D eigenvalue weighted by molar-refractivity contribution is 0.843. The number of benzene rings is 1. The molecule has 3 rings (SSSR count). The van der Waals surface area contributed by atoms with Gasteiger partial charge < -0.3 is 16.8 Å². The number of hydrogen-bond donors (Lipinski definition) is 4. The molecule has 1 aliphatic rings. The molecule has 6 N–H and O–H groups in total. The van der Waals surface area contributed by atoms with Crippen LogP contribution in [0.4, 0.5) is 17.3 Å². The van der Waals surface area contributed by atoms with Crippen LogP contribution in [-0.2, 0) is 0 Å². The Morgan fingerprint density at radius 2 is 1.88 bits per heavy atom. The second-order valence-electron chi connectivity index (χ2n) is 5.10. The Balaban J connectivity index is 2.30. The summed E-state index contributed by atoms with van der Waals surface area (Å²) in [6.07, 6.45) is 1.77. The van der Waals surface area contributed by atoms with Crippen molar-refractivity contribution in [2.45, 2.75) is 6.04 Å². The first kappa shape index (κ1) is 15.6. The van der Waals surface area contributed by atoms with E-state index in [9.17, 15) is 10.5 Å². The molecule has 120 valence electrons. The van der Waals surface area contributed by atoms with E-state index in [4.69, 9.17) is 16.7 Å². The largest absolute Gasteiger partial charge is 0.397 e. The molecule has 0 fully saturated rings. The molecule has 9 nitrogen and oxygen atoms in total. The molecule has 0 bridgehead atoms. The Bertz CT molecular complexity index is 1020. The first-order valence-electron chi connectivity index (χ1n) is 7.08. The van der Waals surface area contributed by atoms with Crippen LogP contribution in [0.3, 0.4) is 0 Å². The molecule has 0 saturated heterocycles. The number of anilines is 3. The molecule has 1 unspecified atom stereocenters. The maximum Gasteiger partial charge on any atom is 0.211 e. The van der Waals surface area contributed by atoms with Crippen molar-refractivity contribution in [3.8, 4) is 18.3 Å². The average Bonchev–Trinajstić information content (AvgIpc) is 2.61. The minimum absolute atomic E-state index is 0.0308. The SMILES string of the molecule is N#CNC1=NC(c2ccccc2C#N)c2c(nc(N)c(C#N)c2N)N1. The maximum absolute atomic E-state index is 9.38. The molecule has 0 aliphatic carbocycles. The molecule has 2 heterocycles. The van der Waals surface area contributed by atoms with E-state index in [-0.39, 0.29) is 28.8 Å². The molecule has 0 spiro atoms. The fourth-order valence-electron chi connectivity index (χ4n) is 2.64. The molecule has 0 saturated carbocycles. The third kappa shape index (κ3) is 2.50. The lowest BCUT2D eigenvalue weighted by atomic mass is 9.92. The Morgan fingerprint density at radius 1 is 1.12 bits per heavy atom. The van der Waals surface area contributed by atoms with Crippen molar-refractivity contribution in [1.82, 2.24) is 10.3 Å². The van der Waals surface area contributed by atoms with Crippen LogP contribution in [0, 0.1) is 34.1 Å². The highest BCUT2D eigenvalue weighted by Gasteiger charge is 2.30. The predicted molar refractivity (Wildman–Crippen MR) is 90.6 cm³/mol. The monoisotopic (exact) mass is 329 g/mol. The number of guanidine groups is 1. The van der Waals surface area contributed by atoms with Crippen LogP contribution < -0.4 is 22.1 Å². The number of rotatable bonds is 1. The van der Waals surface area contributed by atoms with Crippen molar-refractivity contribution in [2.24, 2.45) is 4.99 Å². The van der Waals surface area contributed by atoms with E-state index < -0.39 is 6.04 Å². The quantitative estimate of drug-likeness (QED) is 0.441. The minimum atomic E-state index is -0.719. The molecule has 0 amide bonds. The number of nitrogens with two attached hydrogens (primary N) is 2. The van der Waals surface area contributed by atoms with Crippen LogP contribution in [0.1, 0.15) is 28.3 Å². The highest BCUT2D eigenvalue weighted by Crippen LogP contribution is 2.41. The first-order chi connectivity index (χ1) is 12.1. The van der Waals surface area contributed by atoms with E-state index >= 15 is 0 Å². The van der Waals surface area contributed by atoms with Gasteiger partial charge in [0.1, 0.15) is 29.3 Å². The smallest absolute Gasteiger partial charge is 0.211 e. The van der Waals surface area contributed by atoms with Gasteiger partial charge in [-0.1, -0.05) is 18.2 Å². The molecule has 25 heavy (non-hydrogen) atoms. The number of nitrogens with zero attached hydrogens (tertiary/aromatic N) is 5. The van der Waals surface area contributed by atoms with Gasteiger partial charge in [0.05, 0.1) is 17.3 Å². The van der Waals surface area contributed by atoms with E-state index in [1.165, 1.54) is 0 Å². The summed E-state index contributed by atoms with van der Waals surface area (Å²) in [4.78, 5) is 8.57. The number of nitriles is 3. The minimum Gasteiger partial charge on any atom is -0.397 e. The molecular weight excluding hydrogens is 318 g/mol. The van der Waals surface area contributed by atoms with Crippen molar-refractivity contribution in [2.75, 3.05) is 16.8 Å². The highest BCUT2D eigenvalue weighted by molar-refractivity contribution is 5.98. The molecule has 2 aromatic rings. The standard InChI is InChI=1S/C16H11N9/c17-5-8-3-1-2-4-9(8)13-11-12(20)10(6-18)14(21)24-15(11)25-16(23-13)22-7-19/h1-4,13H,(H6,20,21,22,23,24,25). The van der Waals surface area contributed by atoms with Gasteiger partial charge in [-0.2, -0.15) is 15.8 Å². The summed E-state index contributed by atoms with van der Waals surface area (Å²) in [6.45, 7) is 0. The van der Waals surface area contributed by atoms with Gasteiger partial charge in [0, 0.05) is 5.56 Å². The number of hydrogen-bond acceptors (Lipinski definition) is 9. The van der Waals surface area contributed by atoms with Gasteiger partial charge in [0.2, 0.25) is 5.96 Å². The zero-order chi connectivity index (χ0) is 18.0. The van der Waals surface area contributed by atoms with Gasteiger partial charge >= 0.3 is 0 Å². The molecule has 1 atom stereocenters. The van der Waals surface area contributed by atoms with Crippen LogP contribution in [0.25, 0.3) is 0 Å². The van der Waals surface area contributed by atoms with E-state index in [1.807, 2.05) is 6.07 Å². The third-order valence-electron chi connectivity index (χ3n) is 3.73. The summed E-state index contributed by atoms with van der Waals surface area (Å²) >= 11 is 0. The molecule has 1 aliphatic heterocycles. The van der Waals surface area contributed by atoms with Crippen molar-refractivity contribution in [1.29, 1.82) is 15.8 Å². The normalized spacial score (nSPS) is 14.8. The number of pyridine rings is 1. The number of nitrogen functional groups attached to an aromatic ring is 2. The van der Waals surface area contributed by atoms with Crippen molar-refractivity contribution in [3.63, 3.8) is 0 Å². The molecule has 1 aromatic heterocycles. The summed E-state index contributed by atoms with van der Waals surface area (Å²) in [5.74, 6) is 0.389. The zero-order valence-electron chi connectivity index (χ0n) is 12.8. The average molecular weight is 329 g/mol. The van der Waals surface area contributed by atoms with Crippen molar-refractivity contribution < 1.29 is 0 Å². The summed E-state index contributed by atoms with van der Waals surface area (Å²) in [7, 11) is 0. The fourth-order valence-corrected chi connectivity index (χ4v) is 2.64. The molecule has 0 radical (unpaired) electrons. The van der Waals surface area contributed by atoms with Gasteiger partial charge in [-0.25, -0.2) is 9.98 Å². The van der Waals surface area contributed by atoms with Crippen molar-refractivity contribution in [3.05, 3.63) is 46.5 Å². The van der Waals surface area contributed by atoms with E-state index in [1.54, 1.807) is 30.5 Å². The Hall–Kier alpha value is -4.29. The van der Waals surface area contributed by atoms with Gasteiger partial charge in [-0.15, -0.1) is 0 Å². The first-order valence-corrected chi connectivity index (χ1v) is 7.08. The van der Waals surface area contributed by atoms with Gasteiger partial charge in [0.25, 0.3) is 0 Å². The predicted octanol–water partition coefficient (Wildman–Crippen LogP) is 0.931. The number of fused-ring (bicyclic) bond motifs is 1. The zero-order valence-corrected chi connectivity index (χ0v) is 12.8. The third-order valence-corrected chi connectivity index (χ3v) is 3.73. The van der Waals surface area contributed by atoms with Crippen LogP contribution >= 0.6 is 0 Å². The summed E-state index contributed by atoms with van der Waals surface area (Å²) in [5, 5.41) is 32.8. The fraction of sp³-hybridized carbons (Fsp3) is 0.0625. The second-order valence-corrected chi connectivity index (χ2v) is 5.10. The number of nitrogens with one attached hydrogen (secondary N) is 2. The second kappa shape index (κ2) is 6.07. The number of aliphatic imine (C=N–C) groups is 1. The van der Waals surface area contributed by atoms with E-state index in [0.29, 0.717) is 16.7 Å². The van der Waals surface area contributed by atoms with Gasteiger partial charge in [0.15, 0.2) is 6.19 Å². The highest BCUT2D eigenvalue weighted by atomic mass is 15.2. The summed E-state index contributed by atoms with van der Waals surface area (Å²) < 4.78 is 0. The lowest BCUT2D eigenvalue weighted by Gasteiger charge is -2.26. The van der Waals surface area contributed by atoms with E-state index in [0.717, 1.165) is 0 Å². The molecular formula is C16H11N9. The van der Waals surface area contributed by atoms with E-state index in [2.05, 4.69) is 26.7 Å². The topological polar surface area (TPSA) is 173 Å².